The van der Waals surface area contributed by atoms with Crippen LogP contribution >= 0.6 is 7.82 Å². The number of likely N-dealkylation sites (N-methyl/N-ethyl adjacent to an activating group) is 1. The Morgan fingerprint density at radius 3 is 1.35 bits per heavy atom. The van der Waals surface area contributed by atoms with Crippen molar-refractivity contribution in [3.05, 3.63) is 48.6 Å². The zero-order valence-corrected chi connectivity index (χ0v) is 45.0. The van der Waals surface area contributed by atoms with E-state index in [4.69, 9.17) is 9.05 Å². The molecule has 0 aliphatic carbocycles. The first-order valence-corrected chi connectivity index (χ1v) is 29.4. The van der Waals surface area contributed by atoms with Crippen molar-refractivity contribution in [2.24, 2.45) is 0 Å². The van der Waals surface area contributed by atoms with Gasteiger partial charge in [0.05, 0.1) is 39.9 Å². The van der Waals surface area contributed by atoms with Crippen LogP contribution in [0.2, 0.25) is 0 Å². The normalized spacial score (nSPS) is 14.3. The van der Waals surface area contributed by atoms with E-state index in [1.54, 1.807) is 0 Å². The Kier molecular flexibility index (Phi) is 47.4. The van der Waals surface area contributed by atoms with E-state index in [-0.39, 0.29) is 19.1 Å². The van der Waals surface area contributed by atoms with E-state index in [2.05, 4.69) is 67.8 Å². The van der Waals surface area contributed by atoms with Crippen LogP contribution in [0.15, 0.2) is 48.6 Å². The molecule has 66 heavy (non-hydrogen) atoms. The quantitative estimate of drug-likeness (QED) is 0.0272. The highest BCUT2D eigenvalue weighted by Crippen LogP contribution is 2.38. The van der Waals surface area contributed by atoms with E-state index in [0.717, 1.165) is 64.2 Å². The van der Waals surface area contributed by atoms with Gasteiger partial charge in [-0.25, -0.2) is 0 Å². The molecule has 0 aromatic heterocycles. The van der Waals surface area contributed by atoms with Gasteiger partial charge in [0, 0.05) is 6.42 Å². The molecule has 3 unspecified atom stereocenters. The van der Waals surface area contributed by atoms with Crippen LogP contribution in [0, 0.1) is 0 Å². The number of hydrogen-bond acceptors (Lipinski definition) is 6. The minimum atomic E-state index is -4.56. The summed E-state index contributed by atoms with van der Waals surface area (Å²) >= 11 is 0. The van der Waals surface area contributed by atoms with Crippen LogP contribution in [-0.4, -0.2) is 68.5 Å². The first kappa shape index (κ1) is 64.5. The highest BCUT2D eigenvalue weighted by atomic mass is 31.2. The molecule has 0 spiro atoms. The summed E-state index contributed by atoms with van der Waals surface area (Å²) in [6, 6.07) is -0.797. The van der Waals surface area contributed by atoms with Crippen molar-refractivity contribution in [2.45, 2.75) is 270 Å². The van der Waals surface area contributed by atoms with Crippen LogP contribution in [-0.2, 0) is 18.4 Å². The number of phosphoric acid groups is 1. The van der Waals surface area contributed by atoms with Crippen molar-refractivity contribution in [3.63, 3.8) is 0 Å². The molecule has 0 radical (unpaired) electrons. The smallest absolute Gasteiger partial charge is 0.268 e. The number of allylic oxidation sites excluding steroid dienone is 8. The fraction of sp³-hybridized carbons (Fsp3) is 0.842. The molecular formula is C57H109N2O6P. The maximum absolute atomic E-state index is 12.9. The number of aliphatic hydroxyl groups excluding tert-OH is 1. The predicted molar refractivity (Wildman–Crippen MR) is 284 cm³/mol. The Morgan fingerprint density at radius 2 is 0.924 bits per heavy atom. The lowest BCUT2D eigenvalue weighted by Gasteiger charge is -2.30. The summed E-state index contributed by atoms with van der Waals surface area (Å²) in [4.78, 5) is 25.4. The second-order valence-corrected chi connectivity index (χ2v) is 21.7. The Morgan fingerprint density at radius 1 is 0.545 bits per heavy atom. The Balaban J connectivity index is 3.86. The van der Waals surface area contributed by atoms with Crippen LogP contribution < -0.4 is 10.2 Å². The molecule has 0 heterocycles. The number of carbonyl (C=O) groups excluding carboxylic acids is 1. The minimum Gasteiger partial charge on any atom is -0.756 e. The van der Waals surface area contributed by atoms with Gasteiger partial charge in [0.2, 0.25) is 5.91 Å². The van der Waals surface area contributed by atoms with Crippen molar-refractivity contribution < 1.29 is 32.9 Å². The summed E-state index contributed by atoms with van der Waals surface area (Å²) in [5.74, 6) is -0.164. The molecule has 0 aliphatic rings. The third-order valence-corrected chi connectivity index (χ3v) is 13.5. The highest BCUT2D eigenvalue weighted by molar-refractivity contribution is 7.45. The molecule has 2 N–H and O–H groups in total. The molecule has 1 amide bonds. The first-order chi connectivity index (χ1) is 32.0. The van der Waals surface area contributed by atoms with Crippen molar-refractivity contribution in [1.29, 1.82) is 0 Å². The van der Waals surface area contributed by atoms with Gasteiger partial charge >= 0.3 is 0 Å². The molecule has 388 valence electrons. The number of phosphoric ester groups is 1. The fourth-order valence-electron chi connectivity index (χ4n) is 8.21. The summed E-state index contributed by atoms with van der Waals surface area (Å²) in [5.41, 5.74) is 0. The van der Waals surface area contributed by atoms with Crippen molar-refractivity contribution in [2.75, 3.05) is 40.9 Å². The average molecular weight is 949 g/mol. The summed E-state index contributed by atoms with van der Waals surface area (Å²) in [7, 11) is 1.31. The Hall–Kier alpha value is -1.54. The predicted octanol–water partition coefficient (Wildman–Crippen LogP) is 16.1. The molecule has 0 aromatic carbocycles. The molecular weight excluding hydrogens is 840 g/mol. The van der Waals surface area contributed by atoms with E-state index in [9.17, 15) is 19.4 Å². The molecule has 0 aliphatic heterocycles. The zero-order chi connectivity index (χ0) is 48.5. The second kappa shape index (κ2) is 48.5. The highest BCUT2D eigenvalue weighted by Gasteiger charge is 2.24. The van der Waals surface area contributed by atoms with Crippen LogP contribution in [0.3, 0.4) is 0 Å². The molecule has 3 atom stereocenters. The number of amides is 1. The monoisotopic (exact) mass is 949 g/mol. The van der Waals surface area contributed by atoms with Gasteiger partial charge in [0.15, 0.2) is 0 Å². The molecule has 9 heteroatoms. The number of aliphatic hydroxyl groups is 1. The van der Waals surface area contributed by atoms with E-state index in [1.807, 2.05) is 21.1 Å². The standard InChI is InChI=1S/C57H109N2O6P/c1-6-8-10-12-14-16-17-18-19-20-21-22-23-24-25-26-27-28-29-30-31-32-33-34-35-36-37-38-39-40-41-43-45-47-49-51-57(61)58-55(54-65-66(62,63)64-53-52-59(3,4)5)56(60)50-48-46-44-42-15-13-11-9-7-2/h8,10,14,16,18-19,21-22,55-56,60H,6-7,9,11-13,15,17,20,23-54H2,1-5H3,(H-,58,61,62,63)/b10-8-,16-14-,19-18-,22-21-. The number of carbonyl (C=O) groups is 1. The molecule has 0 saturated heterocycles. The fourth-order valence-corrected chi connectivity index (χ4v) is 8.93. The van der Waals surface area contributed by atoms with E-state index < -0.39 is 20.0 Å². The Bertz CT molecular complexity index is 1210. The lowest BCUT2D eigenvalue weighted by Crippen LogP contribution is -2.46. The lowest BCUT2D eigenvalue weighted by molar-refractivity contribution is -0.870. The van der Waals surface area contributed by atoms with Crippen molar-refractivity contribution >= 4 is 13.7 Å². The summed E-state index contributed by atoms with van der Waals surface area (Å²) in [5, 5.41) is 13.9. The van der Waals surface area contributed by atoms with Gasteiger partial charge in [-0.15, -0.1) is 0 Å². The third-order valence-electron chi connectivity index (χ3n) is 12.6. The first-order valence-electron chi connectivity index (χ1n) is 28.0. The van der Waals surface area contributed by atoms with Crippen LogP contribution in [0.1, 0.15) is 258 Å². The number of quaternary nitrogens is 1. The summed E-state index contributed by atoms with van der Waals surface area (Å²) in [6.07, 6.45) is 63.2. The lowest BCUT2D eigenvalue weighted by atomic mass is 10.0. The van der Waals surface area contributed by atoms with Crippen molar-refractivity contribution in [3.8, 4) is 0 Å². The molecule has 0 rings (SSSR count). The maximum atomic E-state index is 12.9. The van der Waals surface area contributed by atoms with Crippen molar-refractivity contribution in [1.82, 2.24) is 5.32 Å². The Labute approximate surface area is 409 Å². The van der Waals surface area contributed by atoms with Gasteiger partial charge in [-0.3, -0.25) is 9.36 Å². The second-order valence-electron chi connectivity index (χ2n) is 20.3. The molecule has 0 bridgehead atoms. The van der Waals surface area contributed by atoms with Gasteiger partial charge < -0.3 is 28.8 Å². The molecule has 0 fully saturated rings. The largest absolute Gasteiger partial charge is 0.756 e. The zero-order valence-electron chi connectivity index (χ0n) is 44.1. The summed E-state index contributed by atoms with van der Waals surface area (Å²) in [6.45, 7) is 4.60. The summed E-state index contributed by atoms with van der Waals surface area (Å²) < 4.78 is 23.3. The van der Waals surface area contributed by atoms with Gasteiger partial charge in [-0.05, 0) is 51.4 Å². The molecule has 0 aromatic rings. The molecule has 0 saturated carbocycles. The minimum absolute atomic E-state index is 0.0131. The number of nitrogens with zero attached hydrogens (tertiary/aromatic N) is 1. The van der Waals surface area contributed by atoms with Gasteiger partial charge in [-0.1, -0.05) is 249 Å². The topological polar surface area (TPSA) is 108 Å². The van der Waals surface area contributed by atoms with E-state index in [0.29, 0.717) is 23.9 Å². The maximum Gasteiger partial charge on any atom is 0.268 e. The average Bonchev–Trinajstić information content (AvgIpc) is 3.28. The number of hydrogen-bond donors (Lipinski definition) is 2. The van der Waals surface area contributed by atoms with Crippen LogP contribution in [0.4, 0.5) is 0 Å². The van der Waals surface area contributed by atoms with E-state index >= 15 is 0 Å². The number of rotatable bonds is 51. The van der Waals surface area contributed by atoms with Crippen LogP contribution in [0.25, 0.3) is 0 Å². The van der Waals surface area contributed by atoms with Gasteiger partial charge in [0.1, 0.15) is 13.2 Å². The third kappa shape index (κ3) is 50.3. The molecule has 8 nitrogen and oxygen atoms in total. The van der Waals surface area contributed by atoms with Crippen LogP contribution in [0.5, 0.6) is 0 Å². The van der Waals surface area contributed by atoms with Gasteiger partial charge in [0.25, 0.3) is 7.82 Å². The van der Waals surface area contributed by atoms with Gasteiger partial charge in [-0.2, -0.15) is 0 Å². The number of nitrogens with one attached hydrogen (secondary N) is 1. The number of unbranched alkanes of at least 4 members (excludes halogenated alkanes) is 30. The van der Waals surface area contributed by atoms with E-state index in [1.165, 1.54) is 167 Å². The SMILES string of the molecule is CC/C=C\C/C=C\C/C=C\C/C=C\CCCCCCCCCCCCCCCCCCCCCCCCC(=O)NC(COP(=O)([O-])OCC[N+](C)(C)C)C(O)CCCCCCCCCCC.